The zero-order valence-electron chi connectivity index (χ0n) is 14.2. The number of amides is 1. The Morgan fingerprint density at radius 2 is 1.65 bits per heavy atom. The van der Waals surface area contributed by atoms with Crippen molar-refractivity contribution in [2.75, 3.05) is 5.32 Å². The minimum Gasteiger partial charge on any atom is -0.324 e. The van der Waals surface area contributed by atoms with Crippen LogP contribution in [0.2, 0.25) is 0 Å². The molecule has 1 aromatic rings. The smallest absolute Gasteiger partial charge is 0.271 e. The zero-order chi connectivity index (χ0) is 18.0. The van der Waals surface area contributed by atoms with Gasteiger partial charge in [-0.2, -0.15) is 0 Å². The van der Waals surface area contributed by atoms with Crippen molar-refractivity contribution in [3.05, 3.63) is 28.3 Å². The van der Waals surface area contributed by atoms with Crippen molar-refractivity contribution in [3.63, 3.8) is 0 Å². The van der Waals surface area contributed by atoms with E-state index in [1.165, 1.54) is 18.2 Å². The molecule has 0 saturated heterocycles. The molecule has 0 atom stereocenters. The van der Waals surface area contributed by atoms with Gasteiger partial charge in [-0.25, -0.2) is 0 Å². The summed E-state index contributed by atoms with van der Waals surface area (Å²) in [4.78, 5) is 35.3. The average Bonchev–Trinajstić information content (AvgIpc) is 2.37. The predicted molar refractivity (Wildman–Crippen MR) is 91.5 cm³/mol. The standard InChI is InChI=1S/C16H22N2O4S/c1-15(2,3)13(19)17-11-9-10(18(21)22)7-8-12(11)23-14(20)16(4,5)6/h7-9H,1-6H3,(H,17,19). The molecule has 0 unspecified atom stereocenters. The molecule has 0 saturated carbocycles. The second-order valence-corrected chi connectivity index (χ2v) is 8.30. The summed E-state index contributed by atoms with van der Waals surface area (Å²) in [5.74, 6) is -0.275. The molecule has 1 amide bonds. The molecule has 1 N–H and O–H groups in total. The van der Waals surface area contributed by atoms with Crippen LogP contribution in [0.15, 0.2) is 23.1 Å². The first-order valence-corrected chi connectivity index (χ1v) is 7.96. The second-order valence-electron chi connectivity index (χ2n) is 7.28. The topological polar surface area (TPSA) is 89.3 Å². The molecule has 0 spiro atoms. The van der Waals surface area contributed by atoms with Gasteiger partial charge in [0.25, 0.3) is 5.69 Å². The molecule has 0 heterocycles. The van der Waals surface area contributed by atoms with E-state index in [0.29, 0.717) is 4.90 Å². The number of carbonyl (C=O) groups is 2. The van der Waals surface area contributed by atoms with Crippen LogP contribution in [0, 0.1) is 20.9 Å². The van der Waals surface area contributed by atoms with Crippen LogP contribution in [0.3, 0.4) is 0 Å². The largest absolute Gasteiger partial charge is 0.324 e. The first-order chi connectivity index (χ1) is 10.3. The Bertz CT molecular complexity index is 642. The third-order valence-electron chi connectivity index (χ3n) is 2.92. The van der Waals surface area contributed by atoms with Crippen molar-refractivity contribution in [2.45, 2.75) is 46.4 Å². The molecular weight excluding hydrogens is 316 g/mol. The van der Waals surface area contributed by atoms with E-state index >= 15 is 0 Å². The molecule has 0 aliphatic rings. The molecule has 7 heteroatoms. The SMILES string of the molecule is CC(C)(C)C(=O)Nc1cc([N+](=O)[O-])ccc1SC(=O)C(C)(C)C. The van der Waals surface area contributed by atoms with Crippen molar-refractivity contribution in [3.8, 4) is 0 Å². The summed E-state index contributed by atoms with van der Waals surface area (Å²) in [7, 11) is 0. The molecule has 23 heavy (non-hydrogen) atoms. The number of nitrogens with zero attached hydrogens (tertiary/aromatic N) is 1. The molecule has 0 radical (unpaired) electrons. The number of rotatable bonds is 3. The number of hydrogen-bond acceptors (Lipinski definition) is 5. The Morgan fingerprint density at radius 3 is 2.09 bits per heavy atom. The third-order valence-corrected chi connectivity index (χ3v) is 4.29. The maximum absolute atomic E-state index is 12.2. The van der Waals surface area contributed by atoms with Crippen LogP contribution in [0.4, 0.5) is 11.4 Å². The van der Waals surface area contributed by atoms with Gasteiger partial charge in [-0.15, -0.1) is 0 Å². The van der Waals surface area contributed by atoms with Gasteiger partial charge in [0.05, 0.1) is 10.6 Å². The van der Waals surface area contributed by atoms with Crippen molar-refractivity contribution in [1.82, 2.24) is 0 Å². The number of hydrogen-bond donors (Lipinski definition) is 1. The van der Waals surface area contributed by atoms with Gasteiger partial charge in [0, 0.05) is 27.9 Å². The Kier molecular flexibility index (Phi) is 5.58. The predicted octanol–water partition coefficient (Wildman–Crippen LogP) is 4.24. The number of nitro groups is 1. The van der Waals surface area contributed by atoms with Gasteiger partial charge < -0.3 is 5.32 Å². The minimum absolute atomic E-state index is 0.0855. The Morgan fingerprint density at radius 1 is 1.09 bits per heavy atom. The molecule has 1 aromatic carbocycles. The number of non-ortho nitro benzene ring substituents is 1. The number of carbonyl (C=O) groups excluding carboxylic acids is 2. The fourth-order valence-electron chi connectivity index (χ4n) is 1.38. The Balaban J connectivity index is 3.22. The number of nitro benzene ring substituents is 1. The molecular formula is C16H22N2O4S. The van der Waals surface area contributed by atoms with Crippen molar-refractivity contribution in [1.29, 1.82) is 0 Å². The molecule has 1 rings (SSSR count). The first kappa shape index (κ1) is 19.2. The molecule has 0 fully saturated rings. The normalized spacial score (nSPS) is 11.9. The van der Waals surface area contributed by atoms with Crippen molar-refractivity contribution < 1.29 is 14.5 Å². The van der Waals surface area contributed by atoms with E-state index in [1.807, 2.05) is 0 Å². The Labute approximate surface area is 140 Å². The summed E-state index contributed by atoms with van der Waals surface area (Å²) in [6, 6.07) is 4.09. The van der Waals surface area contributed by atoms with E-state index in [0.717, 1.165) is 11.8 Å². The van der Waals surface area contributed by atoms with Gasteiger partial charge in [-0.1, -0.05) is 41.5 Å². The van der Waals surface area contributed by atoms with Gasteiger partial charge in [-0.05, 0) is 17.8 Å². The van der Waals surface area contributed by atoms with E-state index in [-0.39, 0.29) is 22.4 Å². The monoisotopic (exact) mass is 338 g/mol. The van der Waals surface area contributed by atoms with E-state index in [4.69, 9.17) is 0 Å². The molecule has 126 valence electrons. The van der Waals surface area contributed by atoms with E-state index < -0.39 is 15.8 Å². The molecule has 6 nitrogen and oxygen atoms in total. The van der Waals surface area contributed by atoms with E-state index in [2.05, 4.69) is 5.32 Å². The number of thioether (sulfide) groups is 1. The van der Waals surface area contributed by atoms with Crippen LogP contribution in [-0.2, 0) is 9.59 Å². The van der Waals surface area contributed by atoms with Crippen LogP contribution in [-0.4, -0.2) is 15.9 Å². The zero-order valence-corrected chi connectivity index (χ0v) is 15.0. The summed E-state index contributed by atoms with van der Waals surface area (Å²) in [5, 5.41) is 13.5. The van der Waals surface area contributed by atoms with Crippen LogP contribution in [0.1, 0.15) is 41.5 Å². The molecule has 0 bridgehead atoms. The van der Waals surface area contributed by atoms with E-state index in [9.17, 15) is 19.7 Å². The van der Waals surface area contributed by atoms with Crippen LogP contribution >= 0.6 is 11.8 Å². The van der Waals surface area contributed by atoms with Gasteiger partial charge in [0.2, 0.25) is 5.91 Å². The summed E-state index contributed by atoms with van der Waals surface area (Å²) in [5.41, 5.74) is -1.07. The maximum atomic E-state index is 12.2. The highest BCUT2D eigenvalue weighted by atomic mass is 32.2. The molecule has 0 aliphatic heterocycles. The number of benzene rings is 1. The minimum atomic E-state index is -0.652. The Hall–Kier alpha value is -1.89. The fourth-order valence-corrected chi connectivity index (χ4v) is 2.24. The van der Waals surface area contributed by atoms with Crippen LogP contribution in [0.5, 0.6) is 0 Å². The van der Waals surface area contributed by atoms with Gasteiger partial charge in [0.15, 0.2) is 5.12 Å². The van der Waals surface area contributed by atoms with Gasteiger partial charge in [-0.3, -0.25) is 19.7 Å². The van der Waals surface area contributed by atoms with Crippen LogP contribution in [0.25, 0.3) is 0 Å². The van der Waals surface area contributed by atoms with Gasteiger partial charge in [0.1, 0.15) is 0 Å². The lowest BCUT2D eigenvalue weighted by atomic mass is 9.95. The lowest BCUT2D eigenvalue weighted by molar-refractivity contribution is -0.384. The summed E-state index contributed by atoms with van der Waals surface area (Å²) >= 11 is 0.974. The molecule has 0 aromatic heterocycles. The fraction of sp³-hybridized carbons (Fsp3) is 0.500. The molecule has 0 aliphatic carbocycles. The van der Waals surface area contributed by atoms with Crippen LogP contribution < -0.4 is 5.32 Å². The second kappa shape index (κ2) is 6.70. The highest BCUT2D eigenvalue weighted by Gasteiger charge is 2.26. The third kappa shape index (κ3) is 5.35. The summed E-state index contributed by atoms with van der Waals surface area (Å²) in [6.45, 7) is 10.6. The van der Waals surface area contributed by atoms with Crippen molar-refractivity contribution in [2.24, 2.45) is 10.8 Å². The highest BCUT2D eigenvalue weighted by Crippen LogP contribution is 2.36. The number of anilines is 1. The average molecular weight is 338 g/mol. The highest BCUT2D eigenvalue weighted by molar-refractivity contribution is 8.13. The van der Waals surface area contributed by atoms with Gasteiger partial charge >= 0.3 is 0 Å². The maximum Gasteiger partial charge on any atom is 0.271 e. The summed E-state index contributed by atoms with van der Waals surface area (Å²) < 4.78 is 0. The van der Waals surface area contributed by atoms with Crippen molar-refractivity contribution >= 4 is 34.2 Å². The lowest BCUT2D eigenvalue weighted by Gasteiger charge is -2.20. The quantitative estimate of drug-likeness (QED) is 0.506. The lowest BCUT2D eigenvalue weighted by Crippen LogP contribution is -2.28. The first-order valence-electron chi connectivity index (χ1n) is 7.14. The number of nitrogens with one attached hydrogen (secondary N) is 1. The summed E-state index contributed by atoms with van der Waals surface area (Å²) in [6.07, 6.45) is 0. The van der Waals surface area contributed by atoms with E-state index in [1.54, 1.807) is 41.5 Å².